The van der Waals surface area contributed by atoms with Crippen LogP contribution in [-0.2, 0) is 0 Å². The number of hydrogen-bond acceptors (Lipinski definition) is 5. The lowest BCUT2D eigenvalue weighted by molar-refractivity contribution is 0.312. The van der Waals surface area contributed by atoms with Gasteiger partial charge in [0.25, 0.3) is 0 Å². The first-order valence-electron chi connectivity index (χ1n) is 6.72. The summed E-state index contributed by atoms with van der Waals surface area (Å²) in [4.78, 5) is 12.9. The van der Waals surface area contributed by atoms with Gasteiger partial charge in [0.1, 0.15) is 0 Å². The van der Waals surface area contributed by atoms with Gasteiger partial charge in [-0.2, -0.15) is 15.0 Å². The molecule has 2 rings (SSSR count). The Morgan fingerprint density at radius 3 is 2.57 bits per heavy atom. The molecule has 1 aromatic heterocycles. The number of halogens is 2. The van der Waals surface area contributed by atoms with Crippen LogP contribution < -0.4 is 10.1 Å². The maximum absolute atomic E-state index is 6.04. The van der Waals surface area contributed by atoms with Gasteiger partial charge in [-0.05, 0) is 31.5 Å². The average molecular weight is 327 g/mol. The van der Waals surface area contributed by atoms with E-state index in [9.17, 15) is 0 Å². The average Bonchev–Trinajstić information content (AvgIpc) is 2.48. The molecule has 1 aromatic carbocycles. The largest absolute Gasteiger partial charge is 0.464 e. The number of nitrogens with one attached hydrogen (secondary N) is 1. The number of hydrogen-bond donors (Lipinski definition) is 1. The molecule has 1 heterocycles. The van der Waals surface area contributed by atoms with E-state index in [1.807, 2.05) is 13.0 Å². The van der Waals surface area contributed by atoms with Crippen molar-refractivity contribution in [3.8, 4) is 17.4 Å². The molecule has 0 unspecified atom stereocenters. The summed E-state index contributed by atoms with van der Waals surface area (Å²) < 4.78 is 5.38. The first-order chi connectivity index (χ1) is 10.1. The van der Waals surface area contributed by atoms with Crippen LogP contribution in [0.4, 0.5) is 5.95 Å². The molecule has 0 aliphatic heterocycles. The van der Waals surface area contributed by atoms with Crippen molar-refractivity contribution in [1.82, 2.24) is 15.0 Å². The lowest BCUT2D eigenvalue weighted by Crippen LogP contribution is -2.08. The van der Waals surface area contributed by atoms with Crippen LogP contribution >= 0.6 is 23.2 Å². The molecular formula is C14H16Cl2N4O. The summed E-state index contributed by atoms with van der Waals surface area (Å²) in [6.45, 7) is 5.20. The van der Waals surface area contributed by atoms with Crippen LogP contribution in [0.15, 0.2) is 18.2 Å². The van der Waals surface area contributed by atoms with E-state index in [2.05, 4.69) is 27.2 Å². The topological polar surface area (TPSA) is 59.9 Å². The zero-order valence-electron chi connectivity index (χ0n) is 11.9. The van der Waals surface area contributed by atoms with Crippen LogP contribution in [0.5, 0.6) is 6.01 Å². The van der Waals surface area contributed by atoms with Gasteiger partial charge in [-0.15, -0.1) is 0 Å². The van der Waals surface area contributed by atoms with E-state index < -0.39 is 0 Å². The van der Waals surface area contributed by atoms with Crippen LogP contribution in [0.1, 0.15) is 20.3 Å². The summed E-state index contributed by atoms with van der Waals surface area (Å²) in [6, 6.07) is 5.52. The quantitative estimate of drug-likeness (QED) is 0.867. The van der Waals surface area contributed by atoms with E-state index in [1.54, 1.807) is 12.1 Å². The van der Waals surface area contributed by atoms with Gasteiger partial charge in [0, 0.05) is 12.1 Å². The molecule has 0 aliphatic rings. The maximum atomic E-state index is 6.04. The molecule has 0 radical (unpaired) electrons. The summed E-state index contributed by atoms with van der Waals surface area (Å²) in [5.74, 6) is 0.974. The first kappa shape index (κ1) is 15.8. The van der Waals surface area contributed by atoms with Gasteiger partial charge in [0.2, 0.25) is 5.95 Å². The number of nitrogens with zero attached hydrogens (tertiary/aromatic N) is 3. The summed E-state index contributed by atoms with van der Waals surface area (Å²) in [7, 11) is 0. The predicted molar refractivity (Wildman–Crippen MR) is 85.2 cm³/mol. The highest BCUT2D eigenvalue weighted by molar-refractivity contribution is 6.42. The van der Waals surface area contributed by atoms with E-state index in [0.29, 0.717) is 28.4 Å². The first-order valence-corrected chi connectivity index (χ1v) is 7.47. The van der Waals surface area contributed by atoms with Gasteiger partial charge in [-0.1, -0.05) is 30.1 Å². The highest BCUT2D eigenvalue weighted by atomic mass is 35.5. The van der Waals surface area contributed by atoms with Crippen LogP contribution in [-0.4, -0.2) is 28.1 Å². The Morgan fingerprint density at radius 1 is 1.10 bits per heavy atom. The highest BCUT2D eigenvalue weighted by Crippen LogP contribution is 2.27. The van der Waals surface area contributed by atoms with E-state index in [4.69, 9.17) is 27.9 Å². The van der Waals surface area contributed by atoms with Gasteiger partial charge < -0.3 is 10.1 Å². The van der Waals surface area contributed by atoms with Crippen molar-refractivity contribution in [2.45, 2.75) is 20.3 Å². The zero-order chi connectivity index (χ0) is 15.2. The number of benzene rings is 1. The monoisotopic (exact) mass is 326 g/mol. The second-order valence-corrected chi connectivity index (χ2v) is 5.07. The van der Waals surface area contributed by atoms with Crippen LogP contribution in [0.3, 0.4) is 0 Å². The normalized spacial score (nSPS) is 10.5. The van der Waals surface area contributed by atoms with Crippen LogP contribution in [0, 0.1) is 0 Å². The molecule has 21 heavy (non-hydrogen) atoms. The smallest absolute Gasteiger partial charge is 0.321 e. The minimum Gasteiger partial charge on any atom is -0.464 e. The fraction of sp³-hybridized carbons (Fsp3) is 0.357. The molecule has 0 spiro atoms. The third kappa shape index (κ3) is 4.19. The molecule has 0 saturated carbocycles. The van der Waals surface area contributed by atoms with E-state index in [1.165, 1.54) is 0 Å². The number of anilines is 1. The SMILES string of the molecule is CCCNc1nc(OCC)nc(-c2ccc(Cl)c(Cl)c2)n1. The maximum Gasteiger partial charge on any atom is 0.321 e. The molecule has 0 amide bonds. The second-order valence-electron chi connectivity index (χ2n) is 4.25. The molecule has 0 fully saturated rings. The molecule has 0 saturated heterocycles. The van der Waals surface area contributed by atoms with Gasteiger partial charge >= 0.3 is 6.01 Å². The standard InChI is InChI=1S/C14H16Cl2N4O/c1-3-7-17-13-18-12(19-14(20-13)21-4-2)9-5-6-10(15)11(16)8-9/h5-6,8H,3-4,7H2,1-2H3,(H,17,18,19,20). The van der Waals surface area contributed by atoms with Crippen LogP contribution in [0.25, 0.3) is 11.4 Å². The van der Waals surface area contributed by atoms with Crippen molar-refractivity contribution in [3.63, 3.8) is 0 Å². The number of aromatic nitrogens is 3. The predicted octanol–water partition coefficient (Wildman–Crippen LogP) is 4.07. The van der Waals surface area contributed by atoms with Gasteiger partial charge in [-0.3, -0.25) is 0 Å². The van der Waals surface area contributed by atoms with Crippen LogP contribution in [0.2, 0.25) is 10.0 Å². The molecular weight excluding hydrogens is 311 g/mol. The third-order valence-electron chi connectivity index (χ3n) is 2.60. The summed E-state index contributed by atoms with van der Waals surface area (Å²) >= 11 is 12.0. The van der Waals surface area contributed by atoms with E-state index in [-0.39, 0.29) is 6.01 Å². The molecule has 1 N–H and O–H groups in total. The Morgan fingerprint density at radius 2 is 1.90 bits per heavy atom. The number of rotatable bonds is 6. The Balaban J connectivity index is 2.40. The Bertz CT molecular complexity index is 622. The molecule has 112 valence electrons. The summed E-state index contributed by atoms with van der Waals surface area (Å²) in [5, 5.41) is 4.07. The molecule has 0 atom stereocenters. The van der Waals surface area contributed by atoms with Crippen molar-refractivity contribution < 1.29 is 4.74 Å². The van der Waals surface area contributed by atoms with E-state index in [0.717, 1.165) is 18.5 Å². The van der Waals surface area contributed by atoms with Gasteiger partial charge in [-0.25, -0.2) is 0 Å². The zero-order valence-corrected chi connectivity index (χ0v) is 13.4. The van der Waals surface area contributed by atoms with Gasteiger partial charge in [0.15, 0.2) is 5.82 Å². The lowest BCUT2D eigenvalue weighted by Gasteiger charge is -2.09. The molecule has 2 aromatic rings. The van der Waals surface area contributed by atoms with Crippen molar-refractivity contribution in [3.05, 3.63) is 28.2 Å². The Hall–Kier alpha value is -1.59. The fourth-order valence-corrected chi connectivity index (χ4v) is 1.93. The molecule has 7 heteroatoms. The molecule has 5 nitrogen and oxygen atoms in total. The Labute approximate surface area is 133 Å². The minimum atomic E-state index is 0.284. The van der Waals surface area contributed by atoms with Crippen molar-refractivity contribution in [2.75, 3.05) is 18.5 Å². The second kappa shape index (κ2) is 7.43. The lowest BCUT2D eigenvalue weighted by atomic mass is 10.2. The number of ether oxygens (including phenoxy) is 1. The molecule has 0 bridgehead atoms. The van der Waals surface area contributed by atoms with Crippen molar-refractivity contribution in [2.24, 2.45) is 0 Å². The van der Waals surface area contributed by atoms with Crippen molar-refractivity contribution in [1.29, 1.82) is 0 Å². The third-order valence-corrected chi connectivity index (χ3v) is 3.34. The Kier molecular flexibility index (Phi) is 5.59. The minimum absolute atomic E-state index is 0.284. The van der Waals surface area contributed by atoms with E-state index >= 15 is 0 Å². The van der Waals surface area contributed by atoms with Crippen molar-refractivity contribution >= 4 is 29.2 Å². The summed E-state index contributed by atoms with van der Waals surface area (Å²) in [6.07, 6.45) is 0.970. The summed E-state index contributed by atoms with van der Waals surface area (Å²) in [5.41, 5.74) is 0.757. The fourth-order valence-electron chi connectivity index (χ4n) is 1.63. The molecule has 0 aliphatic carbocycles. The van der Waals surface area contributed by atoms with Gasteiger partial charge in [0.05, 0.1) is 16.7 Å². The highest BCUT2D eigenvalue weighted by Gasteiger charge is 2.10.